The molecule has 0 atom stereocenters. The van der Waals surface area contributed by atoms with E-state index in [9.17, 15) is 0 Å². The summed E-state index contributed by atoms with van der Waals surface area (Å²) < 4.78 is 5.55. The summed E-state index contributed by atoms with van der Waals surface area (Å²) in [5.41, 5.74) is 1.08. The van der Waals surface area contributed by atoms with E-state index in [2.05, 4.69) is 47.9 Å². The van der Waals surface area contributed by atoms with Crippen molar-refractivity contribution in [1.29, 1.82) is 0 Å². The standard InChI is InChI=1S/C13H22N4O/c1-5-14-11-10(2)12(16-9-15-11)17-6-7-18-8-13(17,3)4/h9H,5-8H2,1-4H3,(H,14,15,16). The Morgan fingerprint density at radius 1 is 1.44 bits per heavy atom. The molecule has 1 fully saturated rings. The van der Waals surface area contributed by atoms with Crippen LogP contribution in [0.25, 0.3) is 0 Å². The molecular formula is C13H22N4O. The third-order valence-electron chi connectivity index (χ3n) is 3.30. The van der Waals surface area contributed by atoms with Crippen LogP contribution in [0.3, 0.4) is 0 Å². The highest BCUT2D eigenvalue weighted by atomic mass is 16.5. The summed E-state index contributed by atoms with van der Waals surface area (Å²) in [6.07, 6.45) is 1.63. The van der Waals surface area contributed by atoms with Gasteiger partial charge in [0.15, 0.2) is 0 Å². The lowest BCUT2D eigenvalue weighted by atomic mass is 10.0. The highest BCUT2D eigenvalue weighted by Crippen LogP contribution is 2.29. The lowest BCUT2D eigenvalue weighted by Gasteiger charge is -2.43. The molecule has 1 aromatic rings. The molecule has 1 aliphatic rings. The zero-order valence-corrected chi connectivity index (χ0v) is 11.7. The molecule has 0 aliphatic carbocycles. The van der Waals surface area contributed by atoms with Gasteiger partial charge in [0, 0.05) is 18.7 Å². The van der Waals surface area contributed by atoms with Crippen molar-refractivity contribution in [2.24, 2.45) is 0 Å². The Bertz CT molecular complexity index is 419. The summed E-state index contributed by atoms with van der Waals surface area (Å²) in [7, 11) is 0. The second-order valence-corrected chi connectivity index (χ2v) is 5.22. The van der Waals surface area contributed by atoms with Gasteiger partial charge in [-0.3, -0.25) is 0 Å². The average molecular weight is 250 g/mol. The van der Waals surface area contributed by atoms with Gasteiger partial charge in [-0.25, -0.2) is 9.97 Å². The van der Waals surface area contributed by atoms with Crippen LogP contribution in [-0.4, -0.2) is 41.8 Å². The van der Waals surface area contributed by atoms with E-state index in [1.54, 1.807) is 6.33 Å². The van der Waals surface area contributed by atoms with Crippen molar-refractivity contribution >= 4 is 11.6 Å². The second kappa shape index (κ2) is 5.10. The molecule has 18 heavy (non-hydrogen) atoms. The molecule has 100 valence electrons. The molecular weight excluding hydrogens is 228 g/mol. The summed E-state index contributed by atoms with van der Waals surface area (Å²) in [4.78, 5) is 11.1. The van der Waals surface area contributed by atoms with Crippen molar-refractivity contribution in [3.8, 4) is 0 Å². The van der Waals surface area contributed by atoms with Crippen molar-refractivity contribution in [1.82, 2.24) is 9.97 Å². The molecule has 0 aromatic carbocycles. The smallest absolute Gasteiger partial charge is 0.137 e. The maximum atomic E-state index is 5.55. The molecule has 1 N–H and O–H groups in total. The topological polar surface area (TPSA) is 50.3 Å². The second-order valence-electron chi connectivity index (χ2n) is 5.22. The maximum absolute atomic E-state index is 5.55. The van der Waals surface area contributed by atoms with Gasteiger partial charge in [0.25, 0.3) is 0 Å². The monoisotopic (exact) mass is 250 g/mol. The Balaban J connectivity index is 2.35. The number of morpholine rings is 1. The highest BCUT2D eigenvalue weighted by molar-refractivity contribution is 5.59. The Labute approximate surface area is 109 Å². The molecule has 2 rings (SSSR count). The molecule has 1 aromatic heterocycles. The molecule has 0 saturated carbocycles. The zero-order valence-electron chi connectivity index (χ0n) is 11.7. The summed E-state index contributed by atoms with van der Waals surface area (Å²) in [5, 5.41) is 3.27. The van der Waals surface area contributed by atoms with Crippen LogP contribution in [-0.2, 0) is 4.74 Å². The fourth-order valence-electron chi connectivity index (χ4n) is 2.31. The quantitative estimate of drug-likeness (QED) is 0.887. The molecule has 1 saturated heterocycles. The van der Waals surface area contributed by atoms with Crippen LogP contribution in [0.5, 0.6) is 0 Å². The van der Waals surface area contributed by atoms with Gasteiger partial charge < -0.3 is 15.0 Å². The molecule has 0 amide bonds. The molecule has 0 unspecified atom stereocenters. The van der Waals surface area contributed by atoms with Gasteiger partial charge in [0.1, 0.15) is 18.0 Å². The fraction of sp³-hybridized carbons (Fsp3) is 0.692. The van der Waals surface area contributed by atoms with Gasteiger partial charge in [-0.05, 0) is 27.7 Å². The first-order valence-electron chi connectivity index (χ1n) is 6.47. The molecule has 5 nitrogen and oxygen atoms in total. The summed E-state index contributed by atoms with van der Waals surface area (Å²) >= 11 is 0. The Hall–Kier alpha value is -1.36. The van der Waals surface area contributed by atoms with E-state index in [1.807, 2.05) is 0 Å². The first-order valence-corrected chi connectivity index (χ1v) is 6.47. The minimum absolute atomic E-state index is 0.0269. The largest absolute Gasteiger partial charge is 0.377 e. The highest BCUT2D eigenvalue weighted by Gasteiger charge is 2.32. The molecule has 0 spiro atoms. The number of anilines is 2. The lowest BCUT2D eigenvalue weighted by Crippen LogP contribution is -2.53. The van der Waals surface area contributed by atoms with Crippen LogP contribution in [0.2, 0.25) is 0 Å². The van der Waals surface area contributed by atoms with Crippen molar-refractivity contribution < 1.29 is 4.74 Å². The van der Waals surface area contributed by atoms with E-state index < -0.39 is 0 Å². The summed E-state index contributed by atoms with van der Waals surface area (Å²) in [6.45, 7) is 11.7. The Morgan fingerprint density at radius 3 is 2.89 bits per heavy atom. The lowest BCUT2D eigenvalue weighted by molar-refractivity contribution is 0.0638. The van der Waals surface area contributed by atoms with Gasteiger partial charge in [0.2, 0.25) is 0 Å². The molecule has 0 radical (unpaired) electrons. The van der Waals surface area contributed by atoms with E-state index in [4.69, 9.17) is 4.74 Å². The minimum atomic E-state index is -0.0269. The molecule has 0 bridgehead atoms. The number of nitrogens with one attached hydrogen (secondary N) is 1. The average Bonchev–Trinajstić information content (AvgIpc) is 2.32. The number of ether oxygens (including phenoxy) is 1. The fourth-order valence-corrected chi connectivity index (χ4v) is 2.31. The van der Waals surface area contributed by atoms with Crippen LogP contribution in [0, 0.1) is 6.92 Å². The van der Waals surface area contributed by atoms with Crippen molar-refractivity contribution in [2.75, 3.05) is 36.5 Å². The van der Waals surface area contributed by atoms with Gasteiger partial charge in [-0.1, -0.05) is 0 Å². The first kappa shape index (κ1) is 13.1. The predicted octanol–water partition coefficient (Wildman–Crippen LogP) is 1.83. The van der Waals surface area contributed by atoms with Crippen molar-refractivity contribution in [3.05, 3.63) is 11.9 Å². The van der Waals surface area contributed by atoms with Crippen LogP contribution < -0.4 is 10.2 Å². The Morgan fingerprint density at radius 2 is 2.22 bits per heavy atom. The van der Waals surface area contributed by atoms with E-state index >= 15 is 0 Å². The number of aromatic nitrogens is 2. The Kier molecular flexibility index (Phi) is 3.71. The molecule has 2 heterocycles. The SMILES string of the molecule is CCNc1ncnc(N2CCOCC2(C)C)c1C. The van der Waals surface area contributed by atoms with Gasteiger partial charge in [-0.15, -0.1) is 0 Å². The number of hydrogen-bond acceptors (Lipinski definition) is 5. The first-order chi connectivity index (χ1) is 8.56. The van der Waals surface area contributed by atoms with E-state index in [0.717, 1.165) is 43.5 Å². The van der Waals surface area contributed by atoms with Crippen LogP contribution >= 0.6 is 0 Å². The van der Waals surface area contributed by atoms with E-state index in [0.29, 0.717) is 0 Å². The van der Waals surface area contributed by atoms with E-state index in [-0.39, 0.29) is 5.54 Å². The predicted molar refractivity (Wildman–Crippen MR) is 73.2 cm³/mol. The molecule has 1 aliphatic heterocycles. The summed E-state index contributed by atoms with van der Waals surface area (Å²) in [6, 6.07) is 0. The van der Waals surface area contributed by atoms with Crippen molar-refractivity contribution in [2.45, 2.75) is 33.2 Å². The van der Waals surface area contributed by atoms with Crippen LogP contribution in [0.1, 0.15) is 26.3 Å². The number of nitrogens with zero attached hydrogens (tertiary/aromatic N) is 3. The third kappa shape index (κ3) is 2.41. The molecule has 5 heteroatoms. The number of hydrogen-bond donors (Lipinski definition) is 1. The van der Waals surface area contributed by atoms with Crippen LogP contribution in [0.15, 0.2) is 6.33 Å². The zero-order chi connectivity index (χ0) is 13.2. The normalized spacial score (nSPS) is 18.8. The van der Waals surface area contributed by atoms with Crippen LogP contribution in [0.4, 0.5) is 11.6 Å². The summed E-state index contributed by atoms with van der Waals surface area (Å²) in [5.74, 6) is 1.93. The van der Waals surface area contributed by atoms with Crippen molar-refractivity contribution in [3.63, 3.8) is 0 Å². The minimum Gasteiger partial charge on any atom is -0.377 e. The maximum Gasteiger partial charge on any atom is 0.137 e. The van der Waals surface area contributed by atoms with Gasteiger partial charge in [0.05, 0.1) is 18.8 Å². The number of rotatable bonds is 3. The third-order valence-corrected chi connectivity index (χ3v) is 3.30. The van der Waals surface area contributed by atoms with Gasteiger partial charge >= 0.3 is 0 Å². The van der Waals surface area contributed by atoms with E-state index in [1.165, 1.54) is 0 Å². The van der Waals surface area contributed by atoms with Gasteiger partial charge in [-0.2, -0.15) is 0 Å².